The van der Waals surface area contributed by atoms with E-state index in [0.717, 1.165) is 5.56 Å². The van der Waals surface area contributed by atoms with Gasteiger partial charge in [0, 0.05) is 6.07 Å². The third-order valence-electron chi connectivity index (χ3n) is 1.11. The molecule has 0 aliphatic heterocycles. The zero-order valence-corrected chi connectivity index (χ0v) is 7.48. The molecule has 0 aromatic heterocycles. The summed E-state index contributed by atoms with van der Waals surface area (Å²) in [6, 6.07) is 4.40. The van der Waals surface area contributed by atoms with Gasteiger partial charge in [0.05, 0.1) is 15.1 Å². The van der Waals surface area contributed by atoms with E-state index in [9.17, 15) is 0 Å². The second-order valence-electron chi connectivity index (χ2n) is 1.93. The van der Waals surface area contributed by atoms with Crippen molar-refractivity contribution in [2.45, 2.75) is 6.92 Å². The first-order chi connectivity index (χ1) is 4.61. The molecule has 0 unspecified atom stereocenters. The molecule has 0 saturated carbocycles. The van der Waals surface area contributed by atoms with Gasteiger partial charge in [-0.1, -0.05) is 34.8 Å². The molecule has 53 valence electrons. The summed E-state index contributed by atoms with van der Waals surface area (Å²) in [7, 11) is 0. The summed E-state index contributed by atoms with van der Waals surface area (Å²) in [5.41, 5.74) is 0.871. The maximum absolute atomic E-state index is 5.73. The van der Waals surface area contributed by atoms with Crippen molar-refractivity contribution in [3.8, 4) is 0 Å². The van der Waals surface area contributed by atoms with Gasteiger partial charge in [-0.25, -0.2) is 0 Å². The van der Waals surface area contributed by atoms with Crippen LogP contribution in [0.25, 0.3) is 0 Å². The SMILES string of the molecule is Cc1cc(Cl)[c]c(Cl)c1Cl. The quantitative estimate of drug-likeness (QED) is 0.552. The van der Waals surface area contributed by atoms with Crippen LogP contribution in [-0.4, -0.2) is 0 Å². The molecule has 1 aromatic carbocycles. The van der Waals surface area contributed by atoms with Crippen molar-refractivity contribution in [3.05, 3.63) is 32.8 Å². The molecule has 0 atom stereocenters. The largest absolute Gasteiger partial charge is 0.0836 e. The summed E-state index contributed by atoms with van der Waals surface area (Å²) in [5.74, 6) is 0. The Balaban J connectivity index is 3.31. The Labute approximate surface area is 74.7 Å². The van der Waals surface area contributed by atoms with Gasteiger partial charge < -0.3 is 0 Å². The van der Waals surface area contributed by atoms with Gasteiger partial charge in [0.15, 0.2) is 0 Å². The van der Waals surface area contributed by atoms with Crippen molar-refractivity contribution < 1.29 is 0 Å². The monoisotopic (exact) mass is 193 g/mol. The molecule has 0 amide bonds. The molecule has 1 radical (unpaired) electrons. The second-order valence-corrected chi connectivity index (χ2v) is 3.09. The van der Waals surface area contributed by atoms with E-state index >= 15 is 0 Å². The maximum Gasteiger partial charge on any atom is 0.0689 e. The van der Waals surface area contributed by atoms with E-state index in [1.165, 1.54) is 0 Å². The number of hydrogen-bond acceptors (Lipinski definition) is 0. The lowest BCUT2D eigenvalue weighted by molar-refractivity contribution is 1.47. The maximum atomic E-state index is 5.73. The first kappa shape index (κ1) is 8.19. The number of halogens is 3. The van der Waals surface area contributed by atoms with E-state index in [2.05, 4.69) is 6.07 Å². The minimum Gasteiger partial charge on any atom is -0.0836 e. The molecular formula is C7H4Cl3. The van der Waals surface area contributed by atoms with Crippen LogP contribution in [-0.2, 0) is 0 Å². The fourth-order valence-corrected chi connectivity index (χ4v) is 1.28. The first-order valence-electron chi connectivity index (χ1n) is 2.64. The molecule has 0 N–H and O–H groups in total. The van der Waals surface area contributed by atoms with E-state index in [1.807, 2.05) is 6.92 Å². The lowest BCUT2D eigenvalue weighted by Gasteiger charge is -1.98. The molecule has 1 rings (SSSR count). The molecule has 0 aliphatic carbocycles. The molecule has 0 saturated heterocycles. The Bertz CT molecular complexity index is 232. The highest BCUT2D eigenvalue weighted by atomic mass is 35.5. The topological polar surface area (TPSA) is 0 Å². The predicted molar refractivity (Wildman–Crippen MR) is 45.0 cm³/mol. The third-order valence-corrected chi connectivity index (χ3v) is 2.18. The smallest absolute Gasteiger partial charge is 0.0689 e. The van der Waals surface area contributed by atoms with Crippen LogP contribution in [0.3, 0.4) is 0 Å². The lowest BCUT2D eigenvalue weighted by atomic mass is 10.2. The van der Waals surface area contributed by atoms with Crippen molar-refractivity contribution in [2.75, 3.05) is 0 Å². The number of aryl methyl sites for hydroxylation is 1. The highest BCUT2D eigenvalue weighted by molar-refractivity contribution is 6.43. The van der Waals surface area contributed by atoms with Crippen molar-refractivity contribution in [2.24, 2.45) is 0 Å². The Kier molecular flexibility index (Phi) is 2.45. The van der Waals surface area contributed by atoms with E-state index in [1.54, 1.807) is 6.07 Å². The van der Waals surface area contributed by atoms with Crippen LogP contribution in [0, 0.1) is 13.0 Å². The molecular weight excluding hydrogens is 190 g/mol. The number of hydrogen-bond donors (Lipinski definition) is 0. The van der Waals surface area contributed by atoms with Crippen LogP contribution in [0.1, 0.15) is 5.56 Å². The zero-order valence-electron chi connectivity index (χ0n) is 5.21. The molecule has 1 aromatic rings. The number of rotatable bonds is 0. The molecule has 10 heavy (non-hydrogen) atoms. The average molecular weight is 194 g/mol. The van der Waals surface area contributed by atoms with Gasteiger partial charge in [-0.2, -0.15) is 0 Å². The van der Waals surface area contributed by atoms with Crippen molar-refractivity contribution in [1.29, 1.82) is 0 Å². The van der Waals surface area contributed by atoms with Crippen LogP contribution in [0.15, 0.2) is 6.07 Å². The normalized spacial score (nSPS) is 10.0. The molecule has 0 heterocycles. The minimum absolute atomic E-state index is 0.381. The number of benzene rings is 1. The fourth-order valence-electron chi connectivity index (χ4n) is 0.622. The van der Waals surface area contributed by atoms with Gasteiger partial charge >= 0.3 is 0 Å². The van der Waals surface area contributed by atoms with Crippen molar-refractivity contribution in [1.82, 2.24) is 0 Å². The molecule has 0 aliphatic rings. The fraction of sp³-hybridized carbons (Fsp3) is 0.143. The summed E-state index contributed by atoms with van der Waals surface area (Å²) in [6.45, 7) is 1.84. The Morgan fingerprint density at radius 3 is 2.40 bits per heavy atom. The Hall–Kier alpha value is 0.0900. The standard InChI is InChI=1S/C7H4Cl3/c1-4-2-5(8)3-6(9)7(4)10/h2H,1H3. The van der Waals surface area contributed by atoms with Crippen molar-refractivity contribution in [3.63, 3.8) is 0 Å². The molecule has 0 spiro atoms. The van der Waals surface area contributed by atoms with Crippen LogP contribution in [0.4, 0.5) is 0 Å². The summed E-state index contributed by atoms with van der Waals surface area (Å²) in [6.07, 6.45) is 0. The summed E-state index contributed by atoms with van der Waals surface area (Å²) < 4.78 is 0. The van der Waals surface area contributed by atoms with Gasteiger partial charge in [0.25, 0.3) is 0 Å². The van der Waals surface area contributed by atoms with Gasteiger partial charge in [-0.05, 0) is 18.6 Å². The average Bonchev–Trinajstić information content (AvgIpc) is 1.82. The van der Waals surface area contributed by atoms with E-state index in [-0.39, 0.29) is 0 Å². The minimum atomic E-state index is 0.381. The highest BCUT2D eigenvalue weighted by Gasteiger charge is 2.02. The summed E-state index contributed by atoms with van der Waals surface area (Å²) in [4.78, 5) is 0. The third kappa shape index (κ3) is 1.57. The van der Waals surface area contributed by atoms with Crippen LogP contribution in [0.5, 0.6) is 0 Å². The van der Waals surface area contributed by atoms with Crippen molar-refractivity contribution >= 4 is 34.8 Å². The van der Waals surface area contributed by atoms with Gasteiger partial charge in [0.2, 0.25) is 0 Å². The zero-order chi connectivity index (χ0) is 7.72. The summed E-state index contributed by atoms with van der Waals surface area (Å²) in [5, 5.41) is 1.39. The highest BCUT2D eigenvalue weighted by Crippen LogP contribution is 2.27. The second kappa shape index (κ2) is 3.00. The molecule has 0 bridgehead atoms. The van der Waals surface area contributed by atoms with E-state index in [4.69, 9.17) is 34.8 Å². The molecule has 0 fully saturated rings. The predicted octanol–water partition coefficient (Wildman–Crippen LogP) is 3.76. The van der Waals surface area contributed by atoms with Gasteiger partial charge in [-0.3, -0.25) is 0 Å². The Morgan fingerprint density at radius 2 is 1.90 bits per heavy atom. The Morgan fingerprint density at radius 1 is 1.30 bits per heavy atom. The van der Waals surface area contributed by atoms with E-state index < -0.39 is 0 Å². The lowest BCUT2D eigenvalue weighted by Crippen LogP contribution is -1.76. The van der Waals surface area contributed by atoms with Crippen LogP contribution >= 0.6 is 34.8 Å². The van der Waals surface area contributed by atoms with Crippen LogP contribution in [0.2, 0.25) is 15.1 Å². The van der Waals surface area contributed by atoms with Gasteiger partial charge in [0.1, 0.15) is 0 Å². The molecule has 3 heteroatoms. The van der Waals surface area contributed by atoms with Gasteiger partial charge in [-0.15, -0.1) is 0 Å². The van der Waals surface area contributed by atoms with E-state index in [0.29, 0.717) is 15.1 Å². The van der Waals surface area contributed by atoms with Crippen LogP contribution < -0.4 is 0 Å². The summed E-state index contributed by atoms with van der Waals surface area (Å²) >= 11 is 17.0. The first-order valence-corrected chi connectivity index (χ1v) is 3.78. The molecule has 0 nitrogen and oxygen atoms in total.